The van der Waals surface area contributed by atoms with Crippen LogP contribution >= 0.6 is 34.2 Å². The molecule has 0 heterocycles. The van der Waals surface area contributed by atoms with E-state index in [0.717, 1.165) is 18.9 Å². The SMILES string of the molecule is O=C(O)NN(C(=O)NC(=O)c1ccc(I)cc1F)c1cc(CNC(=O)C2CC2)ccc1Cl. The third-order valence-corrected chi connectivity index (χ3v) is 5.46. The number of hydrogen-bond donors (Lipinski definition) is 4. The van der Waals surface area contributed by atoms with Crippen molar-refractivity contribution in [1.29, 1.82) is 0 Å². The second kappa shape index (κ2) is 10.1. The number of rotatable bonds is 5. The Bertz CT molecular complexity index is 1100. The zero-order valence-corrected chi connectivity index (χ0v) is 19.2. The van der Waals surface area contributed by atoms with E-state index in [9.17, 15) is 23.6 Å². The van der Waals surface area contributed by atoms with Gasteiger partial charge in [0, 0.05) is 16.0 Å². The van der Waals surface area contributed by atoms with Crippen LogP contribution in [0.4, 0.5) is 19.7 Å². The summed E-state index contributed by atoms with van der Waals surface area (Å²) in [5.74, 6) is -1.99. The Hall–Kier alpha value is -2.93. The number of nitrogens with one attached hydrogen (secondary N) is 3. The fourth-order valence-corrected chi connectivity index (χ4v) is 3.38. The summed E-state index contributed by atoms with van der Waals surface area (Å²) in [4.78, 5) is 48.1. The maximum absolute atomic E-state index is 14.1. The summed E-state index contributed by atoms with van der Waals surface area (Å²) in [5.41, 5.74) is 1.92. The van der Waals surface area contributed by atoms with Gasteiger partial charge in [0.2, 0.25) is 5.91 Å². The minimum absolute atomic E-state index is 0.000867. The number of halogens is 3. The molecule has 9 nitrogen and oxygen atoms in total. The number of carbonyl (C=O) groups excluding carboxylic acids is 3. The Morgan fingerprint density at radius 1 is 1.16 bits per heavy atom. The van der Waals surface area contributed by atoms with Crippen LogP contribution in [0, 0.1) is 15.3 Å². The summed E-state index contributed by atoms with van der Waals surface area (Å²) < 4.78 is 14.6. The third kappa shape index (κ3) is 6.07. The number of carboxylic acid groups (broad SMARTS) is 1. The third-order valence-electron chi connectivity index (χ3n) is 4.47. The smallest absolute Gasteiger partial charge is 0.424 e. The number of imide groups is 1. The summed E-state index contributed by atoms with van der Waals surface area (Å²) >= 11 is 8.01. The first-order valence-corrected chi connectivity index (χ1v) is 10.8. The molecule has 12 heteroatoms. The van der Waals surface area contributed by atoms with Gasteiger partial charge in [-0.15, -0.1) is 0 Å². The average Bonchev–Trinajstić information content (AvgIpc) is 3.56. The molecule has 1 aliphatic rings. The van der Waals surface area contributed by atoms with Gasteiger partial charge in [0.1, 0.15) is 5.82 Å². The predicted octanol–water partition coefficient (Wildman–Crippen LogP) is 3.65. The molecule has 0 bridgehead atoms. The zero-order valence-electron chi connectivity index (χ0n) is 16.3. The van der Waals surface area contributed by atoms with Gasteiger partial charge in [0.15, 0.2) is 0 Å². The number of nitrogens with zero attached hydrogens (tertiary/aromatic N) is 1. The highest BCUT2D eigenvalue weighted by atomic mass is 127. The summed E-state index contributed by atoms with van der Waals surface area (Å²) in [5, 5.41) is 14.3. The normalized spacial score (nSPS) is 12.6. The van der Waals surface area contributed by atoms with Crippen LogP contribution in [-0.2, 0) is 11.3 Å². The van der Waals surface area contributed by atoms with E-state index in [4.69, 9.17) is 16.7 Å². The van der Waals surface area contributed by atoms with Crippen molar-refractivity contribution in [3.05, 3.63) is 61.9 Å². The van der Waals surface area contributed by atoms with Crippen molar-refractivity contribution >= 4 is 63.8 Å². The van der Waals surface area contributed by atoms with Crippen molar-refractivity contribution in [2.24, 2.45) is 5.92 Å². The largest absolute Gasteiger partial charge is 0.464 e. The van der Waals surface area contributed by atoms with Crippen LogP contribution in [0.25, 0.3) is 0 Å². The summed E-state index contributed by atoms with van der Waals surface area (Å²) in [6, 6.07) is 7.00. The van der Waals surface area contributed by atoms with Gasteiger partial charge in [-0.25, -0.2) is 19.4 Å². The van der Waals surface area contributed by atoms with Crippen molar-refractivity contribution in [3.8, 4) is 0 Å². The van der Waals surface area contributed by atoms with E-state index >= 15 is 0 Å². The Kier molecular flexibility index (Phi) is 7.51. The maximum Gasteiger partial charge on any atom is 0.424 e. The van der Waals surface area contributed by atoms with Crippen LogP contribution in [0.2, 0.25) is 5.02 Å². The molecule has 0 unspecified atom stereocenters. The predicted molar refractivity (Wildman–Crippen MR) is 122 cm³/mol. The number of benzene rings is 2. The lowest BCUT2D eigenvalue weighted by atomic mass is 10.2. The highest BCUT2D eigenvalue weighted by Gasteiger charge is 2.29. The molecule has 0 radical (unpaired) electrons. The van der Waals surface area contributed by atoms with Crippen molar-refractivity contribution < 1.29 is 28.7 Å². The van der Waals surface area contributed by atoms with Crippen LogP contribution in [0.3, 0.4) is 0 Å². The molecule has 0 aromatic heterocycles. The molecule has 5 amide bonds. The lowest BCUT2D eigenvalue weighted by Gasteiger charge is -2.23. The number of carbonyl (C=O) groups is 4. The highest BCUT2D eigenvalue weighted by Crippen LogP contribution is 2.29. The van der Waals surface area contributed by atoms with Gasteiger partial charge in [0.25, 0.3) is 5.91 Å². The molecule has 2 aromatic rings. The molecule has 0 spiro atoms. The first kappa shape index (κ1) is 23.7. The molecule has 0 aliphatic heterocycles. The van der Waals surface area contributed by atoms with Crippen LogP contribution in [0.5, 0.6) is 0 Å². The van der Waals surface area contributed by atoms with Crippen LogP contribution in [0.15, 0.2) is 36.4 Å². The van der Waals surface area contributed by atoms with Gasteiger partial charge in [0.05, 0.1) is 16.3 Å². The van der Waals surface area contributed by atoms with E-state index < -0.39 is 29.4 Å². The van der Waals surface area contributed by atoms with Crippen molar-refractivity contribution in [3.63, 3.8) is 0 Å². The average molecular weight is 575 g/mol. The molecular formula is C20H17ClFIN4O5. The molecule has 0 atom stereocenters. The van der Waals surface area contributed by atoms with E-state index in [1.807, 2.05) is 33.3 Å². The lowest BCUT2D eigenvalue weighted by molar-refractivity contribution is -0.122. The standard InChI is InChI=1S/C20H17ClFIN4O5/c21-14-6-1-10(9-24-17(28)11-2-3-11)7-16(14)27(26-20(31)32)19(30)25-18(29)13-5-4-12(23)8-15(13)22/h1,4-8,11,26H,2-3,9H2,(H,24,28)(H,31,32)(H,25,29,30). The fraction of sp³-hybridized carbons (Fsp3) is 0.200. The Morgan fingerprint density at radius 3 is 2.50 bits per heavy atom. The monoisotopic (exact) mass is 574 g/mol. The van der Waals surface area contributed by atoms with Gasteiger partial charge in [-0.05, 0) is 71.3 Å². The zero-order chi connectivity index (χ0) is 23.4. The van der Waals surface area contributed by atoms with E-state index in [2.05, 4.69) is 5.32 Å². The van der Waals surface area contributed by atoms with Crippen molar-refractivity contribution in [1.82, 2.24) is 16.1 Å². The van der Waals surface area contributed by atoms with Gasteiger partial charge in [-0.3, -0.25) is 14.9 Å². The van der Waals surface area contributed by atoms with E-state index in [-0.39, 0.29) is 29.1 Å². The summed E-state index contributed by atoms with van der Waals surface area (Å²) in [7, 11) is 0. The molecule has 32 heavy (non-hydrogen) atoms. The van der Waals surface area contributed by atoms with Gasteiger partial charge in [-0.1, -0.05) is 17.7 Å². The Balaban J connectivity index is 1.80. The van der Waals surface area contributed by atoms with Crippen LogP contribution in [-0.4, -0.2) is 29.0 Å². The van der Waals surface area contributed by atoms with Crippen molar-refractivity contribution in [2.45, 2.75) is 19.4 Å². The number of hydrogen-bond acceptors (Lipinski definition) is 4. The first-order valence-electron chi connectivity index (χ1n) is 9.32. The molecule has 0 saturated heterocycles. The molecule has 4 N–H and O–H groups in total. The second-order valence-corrected chi connectivity index (χ2v) is 8.57. The summed E-state index contributed by atoms with van der Waals surface area (Å²) in [6.45, 7) is 0.134. The minimum Gasteiger partial charge on any atom is -0.464 e. The maximum atomic E-state index is 14.1. The Morgan fingerprint density at radius 2 is 1.88 bits per heavy atom. The number of anilines is 1. The first-order chi connectivity index (χ1) is 15.2. The van der Waals surface area contributed by atoms with Gasteiger partial charge < -0.3 is 10.4 Å². The van der Waals surface area contributed by atoms with E-state index in [0.29, 0.717) is 14.1 Å². The summed E-state index contributed by atoms with van der Waals surface area (Å²) in [6.07, 6.45) is 0.0729. The van der Waals surface area contributed by atoms with E-state index in [1.165, 1.54) is 24.3 Å². The Labute approximate surface area is 200 Å². The molecule has 1 saturated carbocycles. The molecule has 168 valence electrons. The molecule has 1 aliphatic carbocycles. The van der Waals surface area contributed by atoms with Gasteiger partial charge >= 0.3 is 12.1 Å². The minimum atomic E-state index is -1.60. The van der Waals surface area contributed by atoms with E-state index in [1.54, 1.807) is 6.07 Å². The quantitative estimate of drug-likeness (QED) is 0.320. The van der Waals surface area contributed by atoms with Crippen LogP contribution < -0.4 is 21.1 Å². The highest BCUT2D eigenvalue weighted by molar-refractivity contribution is 14.1. The number of hydrazine groups is 1. The van der Waals surface area contributed by atoms with Crippen LogP contribution in [0.1, 0.15) is 28.8 Å². The molecule has 1 fully saturated rings. The number of urea groups is 1. The fourth-order valence-electron chi connectivity index (χ4n) is 2.73. The van der Waals surface area contributed by atoms with Gasteiger partial charge in [-0.2, -0.15) is 5.01 Å². The lowest BCUT2D eigenvalue weighted by Crippen LogP contribution is -2.52. The second-order valence-electron chi connectivity index (χ2n) is 6.91. The number of amides is 5. The molecule has 3 rings (SSSR count). The molecular weight excluding hydrogens is 558 g/mol. The molecule has 2 aromatic carbocycles. The van der Waals surface area contributed by atoms with Crippen molar-refractivity contribution in [2.75, 3.05) is 5.01 Å². The topological polar surface area (TPSA) is 128 Å².